The fraction of sp³-hybridized carbons (Fsp3) is 0.923. The summed E-state index contributed by atoms with van der Waals surface area (Å²) in [7, 11) is 0. The standard InChI is InChI=1S/C13H26N2O.ClH/c1-10(2)4-5-13(16)15-8-6-12(7-9-15)11(3)14;/h10-12H,4-9,14H2,1-3H3;1H. The molecule has 0 aromatic heterocycles. The topological polar surface area (TPSA) is 46.3 Å². The van der Waals surface area contributed by atoms with Crippen LogP contribution in [0.4, 0.5) is 0 Å². The molecule has 1 aliphatic heterocycles. The minimum atomic E-state index is 0. The second-order valence-corrected chi connectivity index (χ2v) is 5.51. The summed E-state index contributed by atoms with van der Waals surface area (Å²) in [6.07, 6.45) is 3.86. The molecule has 1 heterocycles. The Morgan fingerprint density at radius 2 is 1.82 bits per heavy atom. The Bertz CT molecular complexity index is 223. The van der Waals surface area contributed by atoms with Gasteiger partial charge in [-0.1, -0.05) is 13.8 Å². The van der Waals surface area contributed by atoms with Crippen LogP contribution in [0.5, 0.6) is 0 Å². The maximum atomic E-state index is 11.9. The van der Waals surface area contributed by atoms with Crippen LogP contribution >= 0.6 is 12.4 Å². The van der Waals surface area contributed by atoms with Crippen LogP contribution in [0.25, 0.3) is 0 Å². The van der Waals surface area contributed by atoms with Gasteiger partial charge < -0.3 is 10.6 Å². The van der Waals surface area contributed by atoms with Gasteiger partial charge in [-0.15, -0.1) is 12.4 Å². The van der Waals surface area contributed by atoms with Crippen LogP contribution in [0.3, 0.4) is 0 Å². The van der Waals surface area contributed by atoms with Gasteiger partial charge in [0.15, 0.2) is 0 Å². The van der Waals surface area contributed by atoms with Gasteiger partial charge in [0.1, 0.15) is 0 Å². The summed E-state index contributed by atoms with van der Waals surface area (Å²) in [6.45, 7) is 8.21. The fourth-order valence-corrected chi connectivity index (χ4v) is 2.24. The second kappa shape index (κ2) is 7.93. The second-order valence-electron chi connectivity index (χ2n) is 5.51. The number of likely N-dealkylation sites (tertiary alicyclic amines) is 1. The van der Waals surface area contributed by atoms with E-state index in [-0.39, 0.29) is 18.4 Å². The van der Waals surface area contributed by atoms with E-state index >= 15 is 0 Å². The SMILES string of the molecule is CC(C)CCC(=O)N1CCC(C(C)N)CC1.Cl. The number of piperidine rings is 1. The lowest BCUT2D eigenvalue weighted by molar-refractivity contribution is -0.132. The predicted molar refractivity (Wildman–Crippen MR) is 74.3 cm³/mol. The molecule has 1 saturated heterocycles. The summed E-state index contributed by atoms with van der Waals surface area (Å²) >= 11 is 0. The Kier molecular flexibility index (Phi) is 7.80. The average Bonchev–Trinajstić information content (AvgIpc) is 2.26. The largest absolute Gasteiger partial charge is 0.343 e. The number of nitrogens with zero attached hydrogens (tertiary/aromatic N) is 1. The molecule has 17 heavy (non-hydrogen) atoms. The predicted octanol–water partition coefficient (Wildman–Crippen LogP) is 2.43. The molecule has 1 unspecified atom stereocenters. The van der Waals surface area contributed by atoms with Crippen LogP contribution < -0.4 is 5.73 Å². The molecule has 0 saturated carbocycles. The highest BCUT2D eigenvalue weighted by molar-refractivity contribution is 5.85. The third-order valence-electron chi connectivity index (χ3n) is 3.57. The first-order valence-corrected chi connectivity index (χ1v) is 6.54. The normalized spacial score (nSPS) is 19.0. The maximum Gasteiger partial charge on any atom is 0.222 e. The Balaban J connectivity index is 0.00000256. The number of halogens is 1. The van der Waals surface area contributed by atoms with Crippen molar-refractivity contribution in [3.63, 3.8) is 0 Å². The molecule has 1 fully saturated rings. The lowest BCUT2D eigenvalue weighted by atomic mass is 9.90. The lowest BCUT2D eigenvalue weighted by Gasteiger charge is -2.33. The molecular formula is C13H27ClN2O. The third kappa shape index (κ3) is 5.73. The van der Waals surface area contributed by atoms with Crippen LogP contribution in [0.2, 0.25) is 0 Å². The van der Waals surface area contributed by atoms with Crippen LogP contribution in [0, 0.1) is 11.8 Å². The van der Waals surface area contributed by atoms with Crippen molar-refractivity contribution in [1.29, 1.82) is 0 Å². The monoisotopic (exact) mass is 262 g/mol. The van der Waals surface area contributed by atoms with Crippen molar-refractivity contribution in [3.8, 4) is 0 Å². The van der Waals surface area contributed by atoms with Crippen LogP contribution in [-0.4, -0.2) is 29.9 Å². The van der Waals surface area contributed by atoms with Crippen molar-refractivity contribution in [3.05, 3.63) is 0 Å². The number of rotatable bonds is 4. The molecule has 0 aromatic rings. The molecule has 1 amide bonds. The van der Waals surface area contributed by atoms with E-state index in [4.69, 9.17) is 5.73 Å². The zero-order valence-electron chi connectivity index (χ0n) is 11.3. The van der Waals surface area contributed by atoms with Gasteiger partial charge in [-0.3, -0.25) is 4.79 Å². The highest BCUT2D eigenvalue weighted by atomic mass is 35.5. The Morgan fingerprint density at radius 3 is 2.24 bits per heavy atom. The van der Waals surface area contributed by atoms with Crippen molar-refractivity contribution >= 4 is 18.3 Å². The average molecular weight is 263 g/mol. The first-order chi connectivity index (χ1) is 7.50. The molecule has 0 bridgehead atoms. The minimum absolute atomic E-state index is 0. The van der Waals surface area contributed by atoms with Gasteiger partial charge in [0.2, 0.25) is 5.91 Å². The molecule has 0 aromatic carbocycles. The van der Waals surface area contributed by atoms with Crippen molar-refractivity contribution in [2.75, 3.05) is 13.1 Å². The molecule has 1 rings (SSSR count). The lowest BCUT2D eigenvalue weighted by Crippen LogP contribution is -2.42. The van der Waals surface area contributed by atoms with E-state index in [1.807, 2.05) is 4.90 Å². The number of hydrogen-bond donors (Lipinski definition) is 1. The summed E-state index contributed by atoms with van der Waals surface area (Å²) in [6, 6.07) is 0.271. The Morgan fingerprint density at radius 1 is 1.29 bits per heavy atom. The molecular weight excluding hydrogens is 236 g/mol. The number of nitrogens with two attached hydrogens (primary N) is 1. The summed E-state index contributed by atoms with van der Waals surface area (Å²) < 4.78 is 0. The van der Waals surface area contributed by atoms with Gasteiger partial charge >= 0.3 is 0 Å². The number of amides is 1. The fourth-order valence-electron chi connectivity index (χ4n) is 2.24. The molecule has 0 spiro atoms. The summed E-state index contributed by atoms with van der Waals surface area (Å²) in [5.74, 6) is 1.55. The van der Waals surface area contributed by atoms with E-state index in [0.717, 1.165) is 32.4 Å². The first-order valence-electron chi connectivity index (χ1n) is 6.54. The first kappa shape index (κ1) is 16.7. The van der Waals surface area contributed by atoms with E-state index in [1.54, 1.807) is 0 Å². The quantitative estimate of drug-likeness (QED) is 0.846. The molecule has 1 atom stereocenters. The highest BCUT2D eigenvalue weighted by Crippen LogP contribution is 2.20. The maximum absolute atomic E-state index is 11.9. The van der Waals surface area contributed by atoms with Crippen molar-refractivity contribution in [2.24, 2.45) is 17.6 Å². The molecule has 102 valence electrons. The summed E-state index contributed by atoms with van der Waals surface area (Å²) in [5.41, 5.74) is 5.88. The van der Waals surface area contributed by atoms with Crippen LogP contribution in [0.15, 0.2) is 0 Å². The summed E-state index contributed by atoms with van der Waals surface area (Å²) in [5, 5.41) is 0. The van der Waals surface area contributed by atoms with E-state index in [0.29, 0.717) is 24.2 Å². The zero-order chi connectivity index (χ0) is 12.1. The van der Waals surface area contributed by atoms with Crippen molar-refractivity contribution in [1.82, 2.24) is 4.90 Å². The number of carbonyl (C=O) groups excluding carboxylic acids is 1. The van der Waals surface area contributed by atoms with E-state index < -0.39 is 0 Å². The molecule has 3 nitrogen and oxygen atoms in total. The Labute approximate surface area is 112 Å². The molecule has 1 aliphatic rings. The molecule has 2 N–H and O–H groups in total. The number of hydrogen-bond acceptors (Lipinski definition) is 2. The third-order valence-corrected chi connectivity index (χ3v) is 3.57. The molecule has 0 aliphatic carbocycles. The molecule has 0 radical (unpaired) electrons. The van der Waals surface area contributed by atoms with Gasteiger partial charge in [-0.05, 0) is 38.0 Å². The van der Waals surface area contributed by atoms with E-state index in [1.165, 1.54) is 0 Å². The van der Waals surface area contributed by atoms with Crippen molar-refractivity contribution < 1.29 is 4.79 Å². The van der Waals surface area contributed by atoms with Crippen LogP contribution in [0.1, 0.15) is 46.5 Å². The van der Waals surface area contributed by atoms with Gasteiger partial charge in [0.05, 0.1) is 0 Å². The number of carbonyl (C=O) groups is 1. The van der Waals surface area contributed by atoms with Gasteiger partial charge in [-0.25, -0.2) is 0 Å². The minimum Gasteiger partial charge on any atom is -0.343 e. The molecule has 4 heteroatoms. The summed E-state index contributed by atoms with van der Waals surface area (Å²) in [4.78, 5) is 13.9. The van der Waals surface area contributed by atoms with Crippen LogP contribution in [-0.2, 0) is 4.79 Å². The highest BCUT2D eigenvalue weighted by Gasteiger charge is 2.24. The van der Waals surface area contributed by atoms with E-state index in [9.17, 15) is 4.79 Å². The van der Waals surface area contributed by atoms with Gasteiger partial charge in [-0.2, -0.15) is 0 Å². The van der Waals surface area contributed by atoms with Crippen molar-refractivity contribution in [2.45, 2.75) is 52.5 Å². The van der Waals surface area contributed by atoms with Gasteiger partial charge in [0.25, 0.3) is 0 Å². The van der Waals surface area contributed by atoms with E-state index in [2.05, 4.69) is 20.8 Å². The smallest absolute Gasteiger partial charge is 0.222 e. The Hall–Kier alpha value is -0.280. The zero-order valence-corrected chi connectivity index (χ0v) is 12.1. The van der Waals surface area contributed by atoms with Gasteiger partial charge in [0, 0.05) is 25.6 Å².